The van der Waals surface area contributed by atoms with Gasteiger partial charge >= 0.3 is 0 Å². The van der Waals surface area contributed by atoms with E-state index in [1.807, 2.05) is 36.4 Å². The molecule has 2 saturated heterocycles. The van der Waals surface area contributed by atoms with E-state index in [2.05, 4.69) is 0 Å². The fourth-order valence-electron chi connectivity index (χ4n) is 7.02. The Labute approximate surface area is 372 Å². The lowest BCUT2D eigenvalue weighted by Crippen LogP contribution is -2.55. The molecule has 62 heavy (non-hydrogen) atoms. The summed E-state index contributed by atoms with van der Waals surface area (Å²) in [6.45, 7) is 8.45. The first-order chi connectivity index (χ1) is 29.8. The molecular formula is C46H50N4O10S2. The second kappa shape index (κ2) is 20.4. The molecule has 2 aliphatic heterocycles. The molecule has 2 aliphatic rings. The molecule has 0 saturated carbocycles. The average Bonchev–Trinajstić information content (AvgIpc) is 3.28. The molecule has 0 N–H and O–H groups in total. The molecule has 326 valence electrons. The molecule has 0 radical (unpaired) electrons. The summed E-state index contributed by atoms with van der Waals surface area (Å²) in [4.78, 5) is 58.9. The number of nitrogens with zero attached hydrogens (tertiary/aromatic N) is 4. The predicted octanol–water partition coefficient (Wildman–Crippen LogP) is 6.84. The first kappa shape index (κ1) is 46.5. The molecule has 2 heterocycles. The van der Waals surface area contributed by atoms with E-state index < -0.39 is 23.6 Å². The average molecular weight is 883 g/mol. The van der Waals surface area contributed by atoms with Crippen LogP contribution in [0.1, 0.15) is 61.1 Å². The van der Waals surface area contributed by atoms with Crippen LogP contribution in [0.2, 0.25) is 0 Å². The molecule has 0 bridgehead atoms. The Hall–Kier alpha value is -6.52. The molecule has 0 aromatic heterocycles. The highest BCUT2D eigenvalue weighted by Gasteiger charge is 2.39. The Morgan fingerprint density at radius 1 is 0.387 bits per heavy atom. The van der Waals surface area contributed by atoms with E-state index in [4.69, 9.17) is 52.9 Å². The normalized spacial score (nSPS) is 14.7. The van der Waals surface area contributed by atoms with Crippen molar-refractivity contribution in [3.05, 3.63) is 80.9 Å². The van der Waals surface area contributed by atoms with Crippen LogP contribution in [0, 0.1) is 0 Å². The van der Waals surface area contributed by atoms with Gasteiger partial charge in [0.2, 0.25) is 0 Å². The Morgan fingerprint density at radius 2 is 0.581 bits per heavy atom. The number of hydrogen-bond donors (Lipinski definition) is 0. The summed E-state index contributed by atoms with van der Waals surface area (Å²) >= 11 is 10.8. The molecule has 16 heteroatoms. The first-order valence-electron chi connectivity index (χ1n) is 19.7. The number of carbonyl (C=O) groups is 4. The van der Waals surface area contributed by atoms with Crippen molar-refractivity contribution in [1.29, 1.82) is 0 Å². The lowest BCUT2D eigenvalue weighted by molar-refractivity contribution is -0.135. The second-order valence-electron chi connectivity index (χ2n) is 13.6. The van der Waals surface area contributed by atoms with Gasteiger partial charge in [-0.3, -0.25) is 38.8 Å². The van der Waals surface area contributed by atoms with Crippen LogP contribution in [-0.2, 0) is 19.2 Å². The Morgan fingerprint density at radius 3 is 0.774 bits per heavy atom. The van der Waals surface area contributed by atoms with Gasteiger partial charge in [-0.05, 0) is 101 Å². The van der Waals surface area contributed by atoms with Gasteiger partial charge < -0.3 is 28.4 Å². The number of carbonyl (C=O) groups excluding carboxylic acids is 4. The molecular weight excluding hydrogens is 833 g/mol. The van der Waals surface area contributed by atoms with Gasteiger partial charge in [0, 0.05) is 59.6 Å². The van der Waals surface area contributed by atoms with Crippen LogP contribution in [0.25, 0.3) is 36.5 Å². The third kappa shape index (κ3) is 9.06. The van der Waals surface area contributed by atoms with Crippen molar-refractivity contribution in [2.24, 2.45) is 0 Å². The van der Waals surface area contributed by atoms with Crippen molar-refractivity contribution in [2.45, 2.75) is 27.7 Å². The van der Waals surface area contributed by atoms with E-state index in [1.54, 1.807) is 66.2 Å². The van der Waals surface area contributed by atoms with Gasteiger partial charge in [0.1, 0.15) is 45.6 Å². The SMILES string of the molecule is CCN1C(=O)C(=Cc2cc(OC)c(/C=C/c3cc(OC)c(/C=C/c4cc(OC)c(C=C5C(=O)N(CC)C(=S)N(CC)C5=O)cc4OC)cc3OC)cc2OC)C(=O)N(CC)C1=S. The van der Waals surface area contributed by atoms with Crippen LogP contribution in [0.3, 0.4) is 0 Å². The van der Waals surface area contributed by atoms with Crippen molar-refractivity contribution in [1.82, 2.24) is 19.6 Å². The highest BCUT2D eigenvalue weighted by Crippen LogP contribution is 2.37. The third-order valence-electron chi connectivity index (χ3n) is 10.3. The highest BCUT2D eigenvalue weighted by atomic mass is 32.1. The summed E-state index contributed by atoms with van der Waals surface area (Å²) in [5.74, 6) is 0.901. The summed E-state index contributed by atoms with van der Waals surface area (Å²) in [5.41, 5.74) is 3.55. The first-order valence-corrected chi connectivity index (χ1v) is 20.5. The Bertz CT molecular complexity index is 2220. The predicted molar refractivity (Wildman–Crippen MR) is 247 cm³/mol. The van der Waals surface area contributed by atoms with Crippen LogP contribution in [0.5, 0.6) is 34.5 Å². The van der Waals surface area contributed by atoms with Crippen LogP contribution in [-0.4, -0.2) is 122 Å². The van der Waals surface area contributed by atoms with Gasteiger partial charge in [0.25, 0.3) is 23.6 Å². The molecule has 3 aromatic carbocycles. The van der Waals surface area contributed by atoms with Crippen molar-refractivity contribution in [3.63, 3.8) is 0 Å². The molecule has 0 unspecified atom stereocenters. The molecule has 0 atom stereocenters. The smallest absolute Gasteiger partial charge is 0.265 e. The van der Waals surface area contributed by atoms with E-state index in [0.717, 1.165) is 0 Å². The van der Waals surface area contributed by atoms with E-state index in [9.17, 15) is 19.2 Å². The quantitative estimate of drug-likeness (QED) is 0.0646. The van der Waals surface area contributed by atoms with Crippen LogP contribution in [0.15, 0.2) is 47.5 Å². The summed E-state index contributed by atoms with van der Waals surface area (Å²) < 4.78 is 34.6. The monoisotopic (exact) mass is 882 g/mol. The standard InChI is InChI=1S/C46H50N4O10S2/c1-11-47-41(51)33(42(52)48(12-2)45(47)61)19-31-25-37(57-7)29(23-39(31)59-9)17-15-27-21-36(56-6)28(22-35(27)55-5)16-18-30-24-40(60-10)32(26-38(30)58-8)20-34-43(53)49(13-3)46(62)50(14-4)44(34)54/h15-26H,11-14H2,1-10H3/b17-15+,18-16+. The van der Waals surface area contributed by atoms with Crippen LogP contribution >= 0.6 is 24.4 Å². The molecule has 2 fully saturated rings. The van der Waals surface area contributed by atoms with E-state index in [0.29, 0.717) is 94.1 Å². The molecule has 5 rings (SSSR count). The van der Waals surface area contributed by atoms with E-state index in [-0.39, 0.29) is 21.4 Å². The zero-order chi connectivity index (χ0) is 45.4. The Balaban J connectivity index is 1.49. The summed E-state index contributed by atoms with van der Waals surface area (Å²) in [6.07, 6.45) is 10.3. The highest BCUT2D eigenvalue weighted by molar-refractivity contribution is 7.80. The number of ether oxygens (including phenoxy) is 6. The zero-order valence-electron chi connectivity index (χ0n) is 36.4. The Kier molecular flexibility index (Phi) is 15.3. The lowest BCUT2D eigenvalue weighted by Gasteiger charge is -2.35. The van der Waals surface area contributed by atoms with Gasteiger partial charge in [-0.25, -0.2) is 0 Å². The van der Waals surface area contributed by atoms with Gasteiger partial charge in [-0.1, -0.05) is 24.3 Å². The second-order valence-corrected chi connectivity index (χ2v) is 14.3. The molecule has 14 nitrogen and oxygen atoms in total. The molecule has 0 spiro atoms. The summed E-state index contributed by atoms with van der Waals surface area (Å²) in [6, 6.07) is 10.6. The van der Waals surface area contributed by atoms with Gasteiger partial charge in [0.15, 0.2) is 10.2 Å². The topological polar surface area (TPSA) is 137 Å². The van der Waals surface area contributed by atoms with Gasteiger partial charge in [0.05, 0.1) is 42.7 Å². The van der Waals surface area contributed by atoms with Crippen molar-refractivity contribution >= 4 is 94.7 Å². The van der Waals surface area contributed by atoms with Crippen molar-refractivity contribution in [2.75, 3.05) is 68.8 Å². The minimum atomic E-state index is -0.480. The summed E-state index contributed by atoms with van der Waals surface area (Å²) in [5, 5.41) is 0.356. The van der Waals surface area contributed by atoms with Crippen molar-refractivity contribution in [3.8, 4) is 34.5 Å². The van der Waals surface area contributed by atoms with Gasteiger partial charge in [-0.2, -0.15) is 0 Å². The van der Waals surface area contributed by atoms with Crippen LogP contribution in [0.4, 0.5) is 0 Å². The largest absolute Gasteiger partial charge is 0.496 e. The maximum absolute atomic E-state index is 13.3. The number of likely N-dealkylation sites (N-methyl/N-ethyl adjacent to an activating group) is 4. The molecule has 0 aliphatic carbocycles. The molecule has 4 amide bonds. The van der Waals surface area contributed by atoms with Crippen molar-refractivity contribution < 1.29 is 47.6 Å². The number of hydrogen-bond acceptors (Lipinski definition) is 12. The fraction of sp³-hybridized carbons (Fsp3) is 0.304. The van der Waals surface area contributed by atoms with E-state index >= 15 is 0 Å². The van der Waals surface area contributed by atoms with Crippen LogP contribution < -0.4 is 28.4 Å². The maximum atomic E-state index is 13.3. The number of methoxy groups -OCH3 is 6. The number of benzene rings is 3. The van der Waals surface area contributed by atoms with E-state index in [1.165, 1.54) is 60.2 Å². The zero-order valence-corrected chi connectivity index (χ0v) is 38.1. The number of amides is 4. The number of rotatable bonds is 16. The minimum absolute atomic E-state index is 0.0349. The maximum Gasteiger partial charge on any atom is 0.265 e. The third-order valence-corrected chi connectivity index (χ3v) is 11.2. The van der Waals surface area contributed by atoms with Gasteiger partial charge in [-0.15, -0.1) is 0 Å². The molecule has 3 aromatic rings. The fourth-order valence-corrected chi connectivity index (χ4v) is 7.87. The summed E-state index contributed by atoms with van der Waals surface area (Å²) in [7, 11) is 9.19. The lowest BCUT2D eigenvalue weighted by atomic mass is 10.0. The minimum Gasteiger partial charge on any atom is -0.496 e. The number of thiocarbonyl (C=S) groups is 2.